The highest BCUT2D eigenvalue weighted by atomic mass is 16.6. The van der Waals surface area contributed by atoms with Crippen molar-refractivity contribution in [2.24, 2.45) is 0 Å². The third kappa shape index (κ3) is 24.6. The van der Waals surface area contributed by atoms with E-state index in [1.807, 2.05) is 0 Å². The second-order valence-corrected chi connectivity index (χ2v) is 3.69. The van der Waals surface area contributed by atoms with Crippen LogP contribution in [0.4, 0.5) is 0 Å². The van der Waals surface area contributed by atoms with Crippen molar-refractivity contribution in [3.63, 3.8) is 0 Å². The molecule has 4 N–H and O–H groups in total. The lowest BCUT2D eigenvalue weighted by atomic mass is 10.4. The first-order valence-electron chi connectivity index (χ1n) is 5.92. The molecule has 1 rings (SSSR count). The van der Waals surface area contributed by atoms with Gasteiger partial charge in [0.15, 0.2) is 0 Å². The molecule has 0 aromatic carbocycles. The van der Waals surface area contributed by atoms with Crippen LogP contribution in [0, 0.1) is 0 Å². The number of carbonyl (C=O) groups is 4. The van der Waals surface area contributed by atoms with E-state index in [9.17, 15) is 19.2 Å². The molecule has 1 aliphatic heterocycles. The summed E-state index contributed by atoms with van der Waals surface area (Å²) in [5, 5.41) is 31.0. The fourth-order valence-corrected chi connectivity index (χ4v) is 0.303. The van der Waals surface area contributed by atoms with Crippen LogP contribution < -0.4 is 0 Å². The SMILES string of the molecule is C=C(C)C(=O)O.C=C(C)C(=O)O.O=C1C=CC(=O)O1.OCCO. The molecule has 1 heterocycles. The Labute approximate surface area is 132 Å². The van der Waals surface area contributed by atoms with Gasteiger partial charge in [0.25, 0.3) is 0 Å². The summed E-state index contributed by atoms with van der Waals surface area (Å²) in [6.45, 7) is 8.95. The molecule has 0 amide bonds. The number of hydrogen-bond acceptors (Lipinski definition) is 7. The Morgan fingerprint density at radius 3 is 1.17 bits per heavy atom. The minimum absolute atomic E-state index is 0.125. The standard InChI is InChI=1S/C4H2O3.2C4H6O2.C2H6O2/c5-3-1-2-4(6)7-3;2*1-3(2)4(5)6;3-1-2-4/h1-2H;2*1H2,2H3,(H,5,6);3-4H,1-2H2. The summed E-state index contributed by atoms with van der Waals surface area (Å²) in [5.41, 5.74) is 0.352. The normalized spacial score (nSPS) is 10.6. The van der Waals surface area contributed by atoms with Crippen LogP contribution in [-0.4, -0.2) is 57.5 Å². The molecule has 0 aliphatic carbocycles. The summed E-state index contributed by atoms with van der Waals surface area (Å²) in [4.78, 5) is 39.0. The fraction of sp³-hybridized carbons (Fsp3) is 0.286. The van der Waals surface area contributed by atoms with E-state index in [4.69, 9.17) is 20.4 Å². The molecule has 9 nitrogen and oxygen atoms in total. The molecule has 0 unspecified atom stereocenters. The van der Waals surface area contributed by atoms with E-state index >= 15 is 0 Å². The highest BCUT2D eigenvalue weighted by molar-refractivity contribution is 6.04. The van der Waals surface area contributed by atoms with Gasteiger partial charge in [-0.25, -0.2) is 19.2 Å². The van der Waals surface area contributed by atoms with E-state index in [1.165, 1.54) is 13.8 Å². The highest BCUT2D eigenvalue weighted by Crippen LogP contribution is 1.92. The second kappa shape index (κ2) is 15.6. The van der Waals surface area contributed by atoms with Crippen molar-refractivity contribution in [2.75, 3.05) is 13.2 Å². The van der Waals surface area contributed by atoms with E-state index in [0.29, 0.717) is 0 Å². The van der Waals surface area contributed by atoms with Crippen LogP contribution in [0.25, 0.3) is 0 Å². The third-order valence-electron chi connectivity index (χ3n) is 1.39. The van der Waals surface area contributed by atoms with Crippen LogP contribution in [0.15, 0.2) is 36.5 Å². The maximum atomic E-state index is 9.92. The lowest BCUT2D eigenvalue weighted by Gasteiger charge is -1.80. The number of ether oxygens (including phenoxy) is 1. The first-order valence-corrected chi connectivity index (χ1v) is 5.92. The van der Waals surface area contributed by atoms with Gasteiger partial charge in [0, 0.05) is 23.3 Å². The first kappa shape index (κ1) is 25.2. The number of carbonyl (C=O) groups excluding carboxylic acids is 2. The minimum Gasteiger partial charge on any atom is -0.478 e. The Morgan fingerprint density at radius 2 is 1.13 bits per heavy atom. The maximum Gasteiger partial charge on any atom is 0.338 e. The van der Waals surface area contributed by atoms with Gasteiger partial charge in [0.05, 0.1) is 13.2 Å². The smallest absolute Gasteiger partial charge is 0.338 e. The average molecular weight is 332 g/mol. The zero-order chi connectivity index (χ0) is 19.0. The number of aliphatic carboxylic acids is 2. The van der Waals surface area contributed by atoms with E-state index < -0.39 is 23.9 Å². The van der Waals surface area contributed by atoms with Crippen molar-refractivity contribution in [3.8, 4) is 0 Å². The topological polar surface area (TPSA) is 158 Å². The predicted molar refractivity (Wildman–Crippen MR) is 79.3 cm³/mol. The van der Waals surface area contributed by atoms with Crippen molar-refractivity contribution >= 4 is 23.9 Å². The minimum atomic E-state index is -0.935. The Balaban J connectivity index is -0.000000237. The van der Waals surface area contributed by atoms with Crippen LogP contribution in [0.2, 0.25) is 0 Å². The van der Waals surface area contributed by atoms with Gasteiger partial charge >= 0.3 is 23.9 Å². The summed E-state index contributed by atoms with van der Waals surface area (Å²) in [6.07, 6.45) is 2.17. The Morgan fingerprint density at radius 1 is 0.913 bits per heavy atom. The monoisotopic (exact) mass is 332 g/mol. The first-order chi connectivity index (χ1) is 10.5. The zero-order valence-electron chi connectivity index (χ0n) is 12.8. The molecule has 0 bridgehead atoms. The summed E-state index contributed by atoms with van der Waals surface area (Å²) in [6, 6.07) is 0. The van der Waals surface area contributed by atoms with Crippen molar-refractivity contribution in [1.29, 1.82) is 0 Å². The van der Waals surface area contributed by atoms with Crippen LogP contribution in [0.3, 0.4) is 0 Å². The van der Waals surface area contributed by atoms with Gasteiger partial charge in [0.2, 0.25) is 0 Å². The Bertz CT molecular complexity index is 409. The number of carboxylic acid groups (broad SMARTS) is 2. The van der Waals surface area contributed by atoms with Crippen molar-refractivity contribution in [3.05, 3.63) is 36.5 Å². The summed E-state index contributed by atoms with van der Waals surface area (Å²) >= 11 is 0. The fourth-order valence-electron chi connectivity index (χ4n) is 0.303. The highest BCUT2D eigenvalue weighted by Gasteiger charge is 2.10. The molecule has 0 fully saturated rings. The molecule has 9 heteroatoms. The van der Waals surface area contributed by atoms with E-state index in [1.54, 1.807) is 0 Å². The second-order valence-electron chi connectivity index (χ2n) is 3.69. The number of hydrogen-bond donors (Lipinski definition) is 4. The number of carboxylic acids is 2. The Hall–Kier alpha value is -2.78. The average Bonchev–Trinajstić information content (AvgIpc) is 2.83. The molecule has 130 valence electrons. The van der Waals surface area contributed by atoms with Gasteiger partial charge in [-0.2, -0.15) is 0 Å². The van der Waals surface area contributed by atoms with Crippen LogP contribution in [-0.2, 0) is 23.9 Å². The van der Waals surface area contributed by atoms with Crippen molar-refractivity contribution in [1.82, 2.24) is 0 Å². The molecule has 23 heavy (non-hydrogen) atoms. The van der Waals surface area contributed by atoms with E-state index in [-0.39, 0.29) is 24.4 Å². The van der Waals surface area contributed by atoms with Crippen molar-refractivity contribution in [2.45, 2.75) is 13.8 Å². The van der Waals surface area contributed by atoms with Gasteiger partial charge in [0.1, 0.15) is 0 Å². The number of aliphatic hydroxyl groups excluding tert-OH is 2. The molecule has 0 aromatic heterocycles. The van der Waals surface area contributed by atoms with Gasteiger partial charge < -0.3 is 25.2 Å². The maximum absolute atomic E-state index is 9.92. The number of rotatable bonds is 3. The molecular formula is C14H20O9. The molecule has 0 atom stereocenters. The summed E-state index contributed by atoms with van der Waals surface area (Å²) < 4.78 is 3.97. The third-order valence-corrected chi connectivity index (χ3v) is 1.39. The quantitative estimate of drug-likeness (QED) is 0.314. The molecular weight excluding hydrogens is 312 g/mol. The number of aliphatic hydroxyl groups is 2. The van der Waals surface area contributed by atoms with E-state index in [0.717, 1.165) is 12.2 Å². The van der Waals surface area contributed by atoms with Gasteiger partial charge in [-0.3, -0.25) is 0 Å². The van der Waals surface area contributed by atoms with E-state index in [2.05, 4.69) is 17.9 Å². The molecule has 0 spiro atoms. The molecule has 1 aliphatic rings. The van der Waals surface area contributed by atoms with Crippen LogP contribution >= 0.6 is 0 Å². The van der Waals surface area contributed by atoms with Gasteiger partial charge in [-0.15, -0.1) is 0 Å². The van der Waals surface area contributed by atoms with Gasteiger partial charge in [-0.1, -0.05) is 13.2 Å². The lowest BCUT2D eigenvalue weighted by Crippen LogP contribution is -1.96. The predicted octanol–water partition coefficient (Wildman–Crippen LogP) is -0.109. The summed E-state index contributed by atoms with van der Waals surface area (Å²) in [7, 11) is 0. The molecule has 0 radical (unpaired) electrons. The van der Waals surface area contributed by atoms with Crippen LogP contribution in [0.1, 0.15) is 13.8 Å². The summed E-state index contributed by atoms with van der Waals surface area (Å²) in [5.74, 6) is -3.03. The molecule has 0 aromatic rings. The number of esters is 2. The molecule has 0 saturated heterocycles. The van der Waals surface area contributed by atoms with Gasteiger partial charge in [-0.05, 0) is 13.8 Å². The van der Waals surface area contributed by atoms with Crippen LogP contribution in [0.5, 0.6) is 0 Å². The molecule has 0 saturated carbocycles. The Kier molecular flexibility index (Phi) is 17.1. The lowest BCUT2D eigenvalue weighted by molar-refractivity contribution is -0.150. The number of cyclic esters (lactones) is 2. The van der Waals surface area contributed by atoms with Crippen molar-refractivity contribution < 1.29 is 44.3 Å². The zero-order valence-corrected chi connectivity index (χ0v) is 12.8. The largest absolute Gasteiger partial charge is 0.478 e.